The molecule has 0 aliphatic heterocycles. The molecule has 0 N–H and O–H groups in total. The molecule has 0 bridgehead atoms. The second-order valence-electron chi connectivity index (χ2n) is 11.4. The molecule has 10 nitrogen and oxygen atoms in total. The minimum atomic E-state index is 0.535. The molecular formula is C36H74O10. The molecular weight excluding hydrogens is 592 g/mol. The first-order chi connectivity index (χ1) is 22.9. The zero-order chi connectivity index (χ0) is 33.1. The second-order valence-corrected chi connectivity index (χ2v) is 11.4. The number of unbranched alkanes of at least 4 members (excludes halogenated alkanes) is 12. The van der Waals surface area contributed by atoms with Crippen LogP contribution in [0.2, 0.25) is 0 Å². The molecule has 0 heterocycles. The fraction of sp³-hybridized carbons (Fsp3) is 1.00. The SMILES string of the molecule is CCCCCCCCCCCCOCCOCCOCCOCCOCCOCCOCCOCCOCCOCCCCCC. The maximum atomic E-state index is 5.65. The standard InChI is InChI=1S/C36H74O10/c1-3-5-7-9-10-11-12-13-14-16-18-38-20-22-40-24-26-42-28-30-44-32-34-46-36-35-45-33-31-43-29-27-41-25-23-39-21-19-37-17-15-8-6-4-2/h3-36H2,1-2H3. The molecule has 46 heavy (non-hydrogen) atoms. The molecule has 0 radical (unpaired) electrons. The lowest BCUT2D eigenvalue weighted by Gasteiger charge is -2.09. The van der Waals surface area contributed by atoms with Gasteiger partial charge in [0.05, 0.1) is 119 Å². The van der Waals surface area contributed by atoms with Gasteiger partial charge in [0.25, 0.3) is 0 Å². The molecule has 0 aliphatic carbocycles. The van der Waals surface area contributed by atoms with Gasteiger partial charge in [-0.05, 0) is 12.8 Å². The number of rotatable bonds is 43. The van der Waals surface area contributed by atoms with Crippen LogP contribution in [0.1, 0.15) is 104 Å². The van der Waals surface area contributed by atoms with E-state index in [1.54, 1.807) is 0 Å². The maximum Gasteiger partial charge on any atom is 0.0701 e. The Morgan fingerprint density at radius 1 is 0.174 bits per heavy atom. The quantitative estimate of drug-likeness (QED) is 0.0659. The molecule has 0 saturated carbocycles. The Morgan fingerprint density at radius 2 is 0.326 bits per heavy atom. The predicted octanol–water partition coefficient (Wildman–Crippen LogP) is 6.65. The van der Waals surface area contributed by atoms with E-state index in [0.717, 1.165) is 26.1 Å². The average Bonchev–Trinajstić information content (AvgIpc) is 3.07. The van der Waals surface area contributed by atoms with Crippen molar-refractivity contribution < 1.29 is 47.4 Å². The third-order valence-electron chi connectivity index (χ3n) is 7.13. The number of hydrogen-bond donors (Lipinski definition) is 0. The summed E-state index contributed by atoms with van der Waals surface area (Å²) in [7, 11) is 0. The smallest absolute Gasteiger partial charge is 0.0701 e. The van der Waals surface area contributed by atoms with Crippen LogP contribution in [0.5, 0.6) is 0 Å². The monoisotopic (exact) mass is 667 g/mol. The largest absolute Gasteiger partial charge is 0.379 e. The summed E-state index contributed by atoms with van der Waals surface area (Å²) >= 11 is 0. The number of ether oxygens (including phenoxy) is 10. The molecule has 278 valence electrons. The Morgan fingerprint density at radius 3 is 0.543 bits per heavy atom. The topological polar surface area (TPSA) is 92.3 Å². The lowest BCUT2D eigenvalue weighted by molar-refractivity contribution is -0.0264. The van der Waals surface area contributed by atoms with Crippen LogP contribution in [0.4, 0.5) is 0 Å². The van der Waals surface area contributed by atoms with Gasteiger partial charge in [-0.3, -0.25) is 0 Å². The van der Waals surface area contributed by atoms with Crippen molar-refractivity contribution in [1.82, 2.24) is 0 Å². The van der Waals surface area contributed by atoms with Gasteiger partial charge in [0.1, 0.15) is 0 Å². The Hall–Kier alpha value is -0.400. The maximum absolute atomic E-state index is 5.65. The van der Waals surface area contributed by atoms with Crippen LogP contribution in [0.25, 0.3) is 0 Å². The Balaban J connectivity index is 3.03. The van der Waals surface area contributed by atoms with E-state index >= 15 is 0 Å². The molecule has 0 spiro atoms. The first-order valence-electron chi connectivity index (χ1n) is 18.7. The summed E-state index contributed by atoms with van der Waals surface area (Å²) in [5, 5.41) is 0. The molecule has 0 unspecified atom stereocenters. The molecule has 0 fully saturated rings. The van der Waals surface area contributed by atoms with E-state index in [1.165, 1.54) is 77.0 Å². The molecule has 0 amide bonds. The summed E-state index contributed by atoms with van der Waals surface area (Å²) in [5.74, 6) is 0. The lowest BCUT2D eigenvalue weighted by atomic mass is 10.1. The third kappa shape index (κ3) is 43.6. The Labute approximate surface area is 283 Å². The minimum absolute atomic E-state index is 0.535. The van der Waals surface area contributed by atoms with Crippen LogP contribution in [0, 0.1) is 0 Å². The molecule has 0 aromatic carbocycles. The molecule has 0 aromatic heterocycles. The average molecular weight is 667 g/mol. The van der Waals surface area contributed by atoms with Crippen molar-refractivity contribution in [2.75, 3.05) is 132 Å². The normalized spacial score (nSPS) is 11.6. The van der Waals surface area contributed by atoms with Gasteiger partial charge in [-0.25, -0.2) is 0 Å². The summed E-state index contributed by atoms with van der Waals surface area (Å²) in [6.07, 6.45) is 18.4. The van der Waals surface area contributed by atoms with Crippen molar-refractivity contribution in [1.29, 1.82) is 0 Å². The highest BCUT2D eigenvalue weighted by atomic mass is 16.6. The molecule has 10 heteroatoms. The highest BCUT2D eigenvalue weighted by molar-refractivity contribution is 4.47. The van der Waals surface area contributed by atoms with Crippen LogP contribution in [0.3, 0.4) is 0 Å². The van der Waals surface area contributed by atoms with Crippen molar-refractivity contribution in [3.05, 3.63) is 0 Å². The molecule has 0 saturated heterocycles. The minimum Gasteiger partial charge on any atom is -0.379 e. The van der Waals surface area contributed by atoms with Crippen molar-refractivity contribution in [3.63, 3.8) is 0 Å². The van der Waals surface area contributed by atoms with Gasteiger partial charge in [-0.2, -0.15) is 0 Å². The van der Waals surface area contributed by atoms with Gasteiger partial charge in [0.2, 0.25) is 0 Å². The summed E-state index contributed by atoms with van der Waals surface area (Å²) in [5.41, 5.74) is 0. The third-order valence-corrected chi connectivity index (χ3v) is 7.13. The van der Waals surface area contributed by atoms with E-state index in [1.807, 2.05) is 0 Å². The molecule has 0 aliphatic rings. The van der Waals surface area contributed by atoms with Crippen molar-refractivity contribution in [2.45, 2.75) is 104 Å². The molecule has 0 rings (SSSR count). The summed E-state index contributed by atoms with van der Waals surface area (Å²) in [6.45, 7) is 16.4. The van der Waals surface area contributed by atoms with Crippen molar-refractivity contribution in [3.8, 4) is 0 Å². The van der Waals surface area contributed by atoms with E-state index in [9.17, 15) is 0 Å². The van der Waals surface area contributed by atoms with Gasteiger partial charge >= 0.3 is 0 Å². The van der Waals surface area contributed by atoms with Crippen LogP contribution in [0.15, 0.2) is 0 Å². The fourth-order valence-corrected chi connectivity index (χ4v) is 4.40. The van der Waals surface area contributed by atoms with Gasteiger partial charge < -0.3 is 47.4 Å². The van der Waals surface area contributed by atoms with E-state index in [2.05, 4.69) is 13.8 Å². The highest BCUT2D eigenvalue weighted by Gasteiger charge is 1.97. The first kappa shape index (κ1) is 45.6. The van der Waals surface area contributed by atoms with E-state index in [4.69, 9.17) is 47.4 Å². The fourth-order valence-electron chi connectivity index (χ4n) is 4.40. The van der Waals surface area contributed by atoms with Gasteiger partial charge in [-0.15, -0.1) is 0 Å². The zero-order valence-electron chi connectivity index (χ0n) is 30.1. The summed E-state index contributed by atoms with van der Waals surface area (Å²) in [6, 6.07) is 0. The second kappa shape index (κ2) is 44.6. The summed E-state index contributed by atoms with van der Waals surface area (Å²) in [4.78, 5) is 0. The van der Waals surface area contributed by atoms with Gasteiger partial charge in [-0.1, -0.05) is 90.9 Å². The van der Waals surface area contributed by atoms with E-state index in [-0.39, 0.29) is 0 Å². The number of hydrogen-bond acceptors (Lipinski definition) is 10. The lowest BCUT2D eigenvalue weighted by Crippen LogP contribution is -2.15. The van der Waals surface area contributed by atoms with Crippen LogP contribution in [-0.4, -0.2) is 132 Å². The van der Waals surface area contributed by atoms with Gasteiger partial charge in [0, 0.05) is 13.2 Å². The predicted molar refractivity (Wildman–Crippen MR) is 184 cm³/mol. The van der Waals surface area contributed by atoms with Crippen molar-refractivity contribution >= 4 is 0 Å². The Kier molecular flexibility index (Phi) is 44.2. The van der Waals surface area contributed by atoms with E-state index < -0.39 is 0 Å². The Bertz CT molecular complexity index is 471. The summed E-state index contributed by atoms with van der Waals surface area (Å²) < 4.78 is 55.3. The van der Waals surface area contributed by atoms with Crippen LogP contribution in [-0.2, 0) is 47.4 Å². The van der Waals surface area contributed by atoms with Crippen molar-refractivity contribution in [2.24, 2.45) is 0 Å². The van der Waals surface area contributed by atoms with Crippen LogP contribution >= 0.6 is 0 Å². The van der Waals surface area contributed by atoms with Gasteiger partial charge in [0.15, 0.2) is 0 Å². The van der Waals surface area contributed by atoms with Crippen LogP contribution < -0.4 is 0 Å². The molecule has 0 atom stereocenters. The first-order valence-corrected chi connectivity index (χ1v) is 18.7. The highest BCUT2D eigenvalue weighted by Crippen LogP contribution is 2.10. The van der Waals surface area contributed by atoms with E-state index in [0.29, 0.717) is 119 Å². The zero-order valence-corrected chi connectivity index (χ0v) is 30.1. The molecule has 0 aromatic rings.